The smallest absolute Gasteiger partial charge is 0.410 e. The van der Waals surface area contributed by atoms with Crippen LogP contribution < -0.4 is 20.1 Å². The van der Waals surface area contributed by atoms with Crippen LogP contribution in [0.3, 0.4) is 0 Å². The summed E-state index contributed by atoms with van der Waals surface area (Å²) in [5.74, 6) is 0.927. The maximum atomic E-state index is 12.8. The number of ether oxygens (including phenoxy) is 2. The van der Waals surface area contributed by atoms with Gasteiger partial charge in [-0.25, -0.2) is 9.59 Å². The minimum Gasteiger partial charge on any atom is -0.410 e. The highest BCUT2D eigenvalue weighted by atomic mass is 35.5. The van der Waals surface area contributed by atoms with Gasteiger partial charge in [-0.2, -0.15) is 0 Å². The molecule has 0 unspecified atom stereocenters. The van der Waals surface area contributed by atoms with Gasteiger partial charge in [0.05, 0.1) is 0 Å². The number of fused-ring (bicyclic) bond motifs is 1. The number of aryl methyl sites for hydroxylation is 1. The molecule has 2 aromatic rings. The molecular weight excluding hydrogens is 452 g/mol. The number of carbonyl (C=O) groups excluding carboxylic acids is 2. The van der Waals surface area contributed by atoms with Crippen molar-refractivity contribution in [2.24, 2.45) is 0 Å². The van der Waals surface area contributed by atoms with Gasteiger partial charge in [0.25, 0.3) is 0 Å². The van der Waals surface area contributed by atoms with Gasteiger partial charge in [0, 0.05) is 27.9 Å². The molecule has 0 saturated heterocycles. The van der Waals surface area contributed by atoms with Crippen LogP contribution in [0.25, 0.3) is 10.8 Å². The van der Waals surface area contributed by atoms with E-state index in [-0.39, 0.29) is 12.1 Å². The lowest BCUT2D eigenvalue weighted by Gasteiger charge is -2.24. The predicted octanol–water partition coefficient (Wildman–Crippen LogP) is 7.29. The summed E-state index contributed by atoms with van der Waals surface area (Å²) in [6.45, 7) is 2.06. The molecule has 2 N–H and O–H groups in total. The Morgan fingerprint density at radius 1 is 0.853 bits per heavy atom. The molecule has 0 bridgehead atoms. The van der Waals surface area contributed by atoms with Crippen LogP contribution in [-0.4, -0.2) is 24.3 Å². The third kappa shape index (κ3) is 6.35. The van der Waals surface area contributed by atoms with Crippen LogP contribution in [-0.2, 0) is 6.42 Å². The maximum absolute atomic E-state index is 12.8. The van der Waals surface area contributed by atoms with Crippen LogP contribution in [0.1, 0.15) is 83.1 Å². The van der Waals surface area contributed by atoms with E-state index in [9.17, 15) is 9.59 Å². The van der Waals surface area contributed by atoms with Crippen molar-refractivity contribution in [3.63, 3.8) is 0 Å². The van der Waals surface area contributed by atoms with Crippen LogP contribution in [0.4, 0.5) is 9.59 Å². The number of amides is 2. The Bertz CT molecular complexity index is 1010. The second-order valence-electron chi connectivity index (χ2n) is 9.54. The number of nitrogens with one attached hydrogen (secondary N) is 2. The SMILES string of the molecule is CCCc1cc(OC(=O)NC2CCCCC2)c2cc(Cl)ccc2c1OC(=O)NC1CCCCC1. The molecule has 184 valence electrons. The molecule has 0 heterocycles. The fraction of sp³-hybridized carbons (Fsp3) is 0.556. The molecule has 0 aliphatic heterocycles. The zero-order valence-corrected chi connectivity index (χ0v) is 20.7. The van der Waals surface area contributed by atoms with Crippen molar-refractivity contribution in [3.05, 3.63) is 34.9 Å². The van der Waals surface area contributed by atoms with Crippen LogP contribution in [0.15, 0.2) is 24.3 Å². The van der Waals surface area contributed by atoms with Gasteiger partial charge in [-0.1, -0.05) is 63.5 Å². The molecule has 2 fully saturated rings. The summed E-state index contributed by atoms with van der Waals surface area (Å²) < 4.78 is 11.7. The lowest BCUT2D eigenvalue weighted by Crippen LogP contribution is -2.38. The molecule has 0 aromatic heterocycles. The van der Waals surface area contributed by atoms with E-state index in [2.05, 4.69) is 17.6 Å². The first-order valence-corrected chi connectivity index (χ1v) is 13.1. The Morgan fingerprint density at radius 3 is 2.03 bits per heavy atom. The Kier molecular flexibility index (Phi) is 8.54. The molecule has 7 heteroatoms. The molecule has 2 saturated carbocycles. The molecular formula is C27H35ClN2O4. The lowest BCUT2D eigenvalue weighted by atomic mass is 9.96. The van der Waals surface area contributed by atoms with Crippen molar-refractivity contribution < 1.29 is 19.1 Å². The summed E-state index contributed by atoms with van der Waals surface area (Å²) in [7, 11) is 0. The summed E-state index contributed by atoms with van der Waals surface area (Å²) >= 11 is 6.29. The van der Waals surface area contributed by atoms with Crippen molar-refractivity contribution in [3.8, 4) is 11.5 Å². The predicted molar refractivity (Wildman–Crippen MR) is 135 cm³/mol. The standard InChI is InChI=1S/C27H35ClN2O4/c1-2-9-18-16-24(33-26(31)29-20-10-5-3-6-11-20)23-17-19(28)14-15-22(23)25(18)34-27(32)30-21-12-7-4-8-13-21/h14-17,20-21H,2-13H2,1H3,(H,29,31)(H,30,32). The number of hydrogen-bond acceptors (Lipinski definition) is 4. The maximum Gasteiger partial charge on any atom is 0.412 e. The highest BCUT2D eigenvalue weighted by Crippen LogP contribution is 2.39. The third-order valence-corrected chi connectivity index (χ3v) is 7.09. The second-order valence-corrected chi connectivity index (χ2v) is 9.98. The quantitative estimate of drug-likeness (QED) is 0.449. The molecule has 2 aliphatic carbocycles. The van der Waals surface area contributed by atoms with E-state index in [4.69, 9.17) is 21.1 Å². The molecule has 4 rings (SSSR count). The molecule has 0 radical (unpaired) electrons. The van der Waals surface area contributed by atoms with E-state index < -0.39 is 12.2 Å². The first kappa shape index (κ1) is 24.6. The summed E-state index contributed by atoms with van der Waals surface area (Å²) in [5, 5.41) is 7.89. The third-order valence-electron chi connectivity index (χ3n) is 6.86. The highest BCUT2D eigenvalue weighted by molar-refractivity contribution is 6.31. The number of benzene rings is 2. The normalized spacial score (nSPS) is 17.4. The fourth-order valence-corrected chi connectivity index (χ4v) is 5.30. The van der Waals surface area contributed by atoms with Gasteiger partial charge in [0.15, 0.2) is 0 Å². The molecule has 2 aromatic carbocycles. The van der Waals surface area contributed by atoms with Gasteiger partial charge in [-0.05, 0) is 61.9 Å². The van der Waals surface area contributed by atoms with Crippen molar-refractivity contribution in [2.45, 2.75) is 96.1 Å². The first-order valence-electron chi connectivity index (χ1n) is 12.8. The largest absolute Gasteiger partial charge is 0.412 e. The van der Waals surface area contributed by atoms with Gasteiger partial charge in [0.2, 0.25) is 0 Å². The van der Waals surface area contributed by atoms with E-state index in [1.807, 2.05) is 12.1 Å². The molecule has 0 spiro atoms. The van der Waals surface area contributed by atoms with E-state index in [0.717, 1.165) is 63.4 Å². The number of hydrogen-bond donors (Lipinski definition) is 2. The van der Waals surface area contributed by atoms with Gasteiger partial charge in [-0.3, -0.25) is 0 Å². The van der Waals surface area contributed by atoms with Gasteiger partial charge >= 0.3 is 12.2 Å². The topological polar surface area (TPSA) is 76.7 Å². The summed E-state index contributed by atoms with van der Waals surface area (Å²) in [6, 6.07) is 7.46. The second kappa shape index (κ2) is 11.8. The van der Waals surface area contributed by atoms with Crippen LogP contribution in [0.2, 0.25) is 5.02 Å². The summed E-state index contributed by atoms with van der Waals surface area (Å²) in [5.41, 5.74) is 0.830. The summed E-state index contributed by atoms with van der Waals surface area (Å²) in [6.07, 6.45) is 11.5. The first-order chi connectivity index (χ1) is 16.5. The summed E-state index contributed by atoms with van der Waals surface area (Å²) in [4.78, 5) is 25.5. The molecule has 2 aliphatic rings. The number of carbonyl (C=O) groups is 2. The number of halogens is 1. The minimum absolute atomic E-state index is 0.150. The van der Waals surface area contributed by atoms with Gasteiger partial charge in [-0.15, -0.1) is 0 Å². The van der Waals surface area contributed by atoms with Crippen molar-refractivity contribution >= 4 is 34.6 Å². The van der Waals surface area contributed by atoms with Gasteiger partial charge < -0.3 is 20.1 Å². The van der Waals surface area contributed by atoms with Crippen molar-refractivity contribution in [2.75, 3.05) is 0 Å². The lowest BCUT2D eigenvalue weighted by molar-refractivity contribution is 0.190. The molecule has 6 nitrogen and oxygen atoms in total. The van der Waals surface area contributed by atoms with E-state index in [1.54, 1.807) is 12.1 Å². The fourth-order valence-electron chi connectivity index (χ4n) is 5.13. The Morgan fingerprint density at radius 2 is 1.44 bits per heavy atom. The molecule has 34 heavy (non-hydrogen) atoms. The van der Waals surface area contributed by atoms with E-state index >= 15 is 0 Å². The van der Waals surface area contributed by atoms with Crippen molar-refractivity contribution in [1.29, 1.82) is 0 Å². The molecule has 2 amide bonds. The minimum atomic E-state index is -0.459. The van der Waals surface area contributed by atoms with Crippen LogP contribution in [0.5, 0.6) is 11.5 Å². The Hall–Kier alpha value is -2.47. The zero-order valence-electron chi connectivity index (χ0n) is 20.0. The average molecular weight is 487 g/mol. The number of rotatable bonds is 6. The van der Waals surface area contributed by atoms with Crippen molar-refractivity contribution in [1.82, 2.24) is 10.6 Å². The Labute approximate surface area is 206 Å². The zero-order chi connectivity index (χ0) is 23.9. The highest BCUT2D eigenvalue weighted by Gasteiger charge is 2.22. The Balaban J connectivity index is 1.60. The van der Waals surface area contributed by atoms with E-state index in [1.165, 1.54) is 12.8 Å². The van der Waals surface area contributed by atoms with E-state index in [0.29, 0.717) is 33.7 Å². The van der Waals surface area contributed by atoms with Crippen LogP contribution >= 0.6 is 11.6 Å². The monoisotopic (exact) mass is 486 g/mol. The van der Waals surface area contributed by atoms with Gasteiger partial charge in [0.1, 0.15) is 11.5 Å². The molecule has 0 atom stereocenters. The van der Waals surface area contributed by atoms with Crippen LogP contribution in [0, 0.1) is 0 Å². The average Bonchev–Trinajstić information content (AvgIpc) is 2.83.